The number of benzene rings is 2. The van der Waals surface area contributed by atoms with Gasteiger partial charge in [0.05, 0.1) is 17.3 Å². The highest BCUT2D eigenvalue weighted by Gasteiger charge is 2.39. The molecule has 0 radical (unpaired) electrons. The zero-order valence-electron chi connectivity index (χ0n) is 26.0. The molecule has 4 aromatic rings. The Morgan fingerprint density at radius 1 is 0.774 bits per heavy atom. The molecule has 0 bridgehead atoms. The second kappa shape index (κ2) is 18.2. The van der Waals surface area contributed by atoms with Crippen molar-refractivity contribution in [2.24, 2.45) is 5.73 Å². The minimum Gasteiger partial charge on any atom is -0.490 e. The predicted octanol–water partition coefficient (Wildman–Crippen LogP) is 6.94. The third-order valence-electron chi connectivity index (χ3n) is 5.82. The summed E-state index contributed by atoms with van der Waals surface area (Å²) in [5.74, 6) is -9.09. The van der Waals surface area contributed by atoms with E-state index < -0.39 is 60.0 Å². The average molecular weight is 786 g/mol. The van der Waals surface area contributed by atoms with Crippen LogP contribution in [0.4, 0.5) is 57.1 Å². The molecular weight excluding hydrogens is 763 g/mol. The molecule has 0 fully saturated rings. The fraction of sp³-hybridized carbons (Fsp3) is 0.276. The van der Waals surface area contributed by atoms with Crippen LogP contribution >= 0.6 is 0 Å². The van der Waals surface area contributed by atoms with E-state index in [9.17, 15) is 57.1 Å². The molecule has 0 spiro atoms. The molecule has 0 amide bonds. The first kappa shape index (κ1) is 45.3. The summed E-state index contributed by atoms with van der Waals surface area (Å²) < 4.78 is 153. The van der Waals surface area contributed by atoms with E-state index in [4.69, 9.17) is 40.2 Å². The van der Waals surface area contributed by atoms with E-state index in [-0.39, 0.29) is 13.0 Å². The van der Waals surface area contributed by atoms with E-state index in [1.165, 1.54) is 6.07 Å². The number of alkyl halides is 12. The first-order chi connectivity index (χ1) is 24.0. The van der Waals surface area contributed by atoms with E-state index in [1.807, 2.05) is 31.2 Å². The number of carboxylic acid groups (broad SMARTS) is 3. The molecule has 24 heteroatoms. The first-order valence-corrected chi connectivity index (χ1v) is 13.6. The van der Waals surface area contributed by atoms with Gasteiger partial charge >= 0.3 is 42.6 Å². The van der Waals surface area contributed by atoms with Crippen LogP contribution in [-0.4, -0.2) is 79.6 Å². The highest BCUT2D eigenvalue weighted by molar-refractivity contribution is 5.86. The number of H-pyrrole nitrogens is 1. The average Bonchev–Trinajstić information content (AvgIpc) is 3.39. The molecule has 2 aromatic heterocycles. The lowest BCUT2D eigenvalue weighted by Gasteiger charge is -2.15. The van der Waals surface area contributed by atoms with Crippen LogP contribution in [0, 0.1) is 12.7 Å². The van der Waals surface area contributed by atoms with Crippen LogP contribution in [0.1, 0.15) is 16.8 Å². The summed E-state index contributed by atoms with van der Waals surface area (Å²) in [7, 11) is 0. The Kier molecular flexibility index (Phi) is 15.6. The Bertz CT molecular complexity index is 1800. The molecule has 6 N–H and O–H groups in total. The van der Waals surface area contributed by atoms with Crippen LogP contribution in [0.2, 0.25) is 0 Å². The second-order valence-electron chi connectivity index (χ2n) is 9.99. The summed E-state index contributed by atoms with van der Waals surface area (Å²) in [4.78, 5) is 30.9. The minimum atomic E-state index is -5.08. The van der Waals surface area contributed by atoms with Gasteiger partial charge in [0, 0.05) is 28.9 Å². The van der Waals surface area contributed by atoms with Gasteiger partial charge in [-0.2, -0.15) is 57.8 Å². The molecular formula is C29H23F13N4O7. The largest absolute Gasteiger partial charge is 0.490 e. The smallest absolute Gasteiger partial charge is 0.490 e. The van der Waals surface area contributed by atoms with Crippen molar-refractivity contribution in [2.75, 3.05) is 6.61 Å². The summed E-state index contributed by atoms with van der Waals surface area (Å²) in [5.41, 5.74) is 8.75. The Morgan fingerprint density at radius 3 is 1.74 bits per heavy atom. The SMILES string of the molecule is Cc1[nH]nc2ccc(-c3cncc(OC[C@@H](N)Cc4ccc(C(F)(F)F)c(F)c4)c3)cc12.O=C(O)C(F)(F)F.O=C(O)C(F)(F)F.O=C(O)C(F)(F)F. The Balaban J connectivity index is 0.000000545. The van der Waals surface area contributed by atoms with Gasteiger partial charge in [-0.25, -0.2) is 18.8 Å². The van der Waals surface area contributed by atoms with E-state index in [2.05, 4.69) is 15.2 Å². The van der Waals surface area contributed by atoms with Gasteiger partial charge in [-0.1, -0.05) is 12.1 Å². The number of aliphatic carboxylic acids is 3. The fourth-order valence-corrected chi connectivity index (χ4v) is 3.45. The van der Waals surface area contributed by atoms with Crippen LogP contribution < -0.4 is 10.5 Å². The zero-order chi connectivity index (χ0) is 41.1. The molecule has 0 aliphatic carbocycles. The number of fused-ring (bicyclic) bond motifs is 1. The van der Waals surface area contributed by atoms with Crippen LogP contribution in [-0.2, 0) is 27.0 Å². The number of carboxylic acids is 3. The van der Waals surface area contributed by atoms with Gasteiger partial charge in [-0.05, 0) is 54.8 Å². The van der Waals surface area contributed by atoms with Gasteiger partial charge in [-0.3, -0.25) is 10.1 Å². The van der Waals surface area contributed by atoms with Crippen LogP contribution in [0.3, 0.4) is 0 Å². The van der Waals surface area contributed by atoms with Gasteiger partial charge in [0.25, 0.3) is 0 Å². The molecule has 2 heterocycles. The van der Waals surface area contributed by atoms with Crippen molar-refractivity contribution in [3.8, 4) is 16.9 Å². The van der Waals surface area contributed by atoms with Crippen molar-refractivity contribution in [1.82, 2.24) is 15.2 Å². The number of aryl methyl sites for hydroxylation is 1. The van der Waals surface area contributed by atoms with Crippen LogP contribution in [0.25, 0.3) is 22.0 Å². The molecule has 0 saturated heterocycles. The van der Waals surface area contributed by atoms with Gasteiger partial charge < -0.3 is 25.8 Å². The summed E-state index contributed by atoms with van der Waals surface area (Å²) in [5, 5.41) is 29.6. The maximum atomic E-state index is 13.7. The number of nitrogens with two attached hydrogens (primary N) is 1. The van der Waals surface area contributed by atoms with Crippen molar-refractivity contribution in [3.63, 3.8) is 0 Å². The fourth-order valence-electron chi connectivity index (χ4n) is 3.45. The molecule has 53 heavy (non-hydrogen) atoms. The molecule has 0 saturated carbocycles. The summed E-state index contributed by atoms with van der Waals surface area (Å²) in [6.45, 7) is 2.04. The first-order valence-electron chi connectivity index (χ1n) is 13.6. The maximum Gasteiger partial charge on any atom is 0.490 e. The number of rotatable bonds is 6. The third kappa shape index (κ3) is 15.6. The van der Waals surface area contributed by atoms with Crippen molar-refractivity contribution in [3.05, 3.63) is 77.5 Å². The van der Waals surface area contributed by atoms with Gasteiger partial charge in [0.2, 0.25) is 0 Å². The van der Waals surface area contributed by atoms with Crippen LogP contribution in [0.15, 0.2) is 54.9 Å². The number of nitrogens with one attached hydrogen (secondary N) is 1. The van der Waals surface area contributed by atoms with Gasteiger partial charge in [0.1, 0.15) is 18.2 Å². The number of aromatic nitrogens is 3. The number of hydrogen-bond donors (Lipinski definition) is 5. The standard InChI is InChI=1S/C23H20F4N4O.3C2HF3O2/c1-13-19-9-15(3-5-22(19)31-30-13)16-8-18(11-29-10-16)32-12-17(28)6-14-2-4-20(21(24)7-14)23(25,26)27;3*3-2(4,5)1(6)7/h2-5,7-11,17H,6,12,28H2,1H3,(H,30,31);3*(H,6,7)/t17-;;;/m0.../s1. The Hall–Kier alpha value is -5.68. The number of pyridine rings is 1. The molecule has 1 atom stereocenters. The van der Waals surface area contributed by atoms with Crippen molar-refractivity contribution in [1.29, 1.82) is 0 Å². The summed E-state index contributed by atoms with van der Waals surface area (Å²) >= 11 is 0. The predicted molar refractivity (Wildman–Crippen MR) is 154 cm³/mol. The molecule has 4 rings (SSSR count). The molecule has 0 unspecified atom stereocenters. The monoisotopic (exact) mass is 786 g/mol. The van der Waals surface area contributed by atoms with E-state index in [0.29, 0.717) is 11.3 Å². The van der Waals surface area contributed by atoms with Gasteiger partial charge in [0.15, 0.2) is 0 Å². The molecule has 0 aliphatic rings. The summed E-state index contributed by atoms with van der Waals surface area (Å²) in [6.07, 6.45) is -16.5. The van der Waals surface area contributed by atoms with Crippen molar-refractivity contribution >= 4 is 28.8 Å². The lowest BCUT2D eigenvalue weighted by atomic mass is 10.0. The highest BCUT2D eigenvalue weighted by atomic mass is 19.4. The van der Waals surface area contributed by atoms with Crippen LogP contribution in [0.5, 0.6) is 5.75 Å². The number of carbonyl (C=O) groups is 3. The number of nitrogens with zero attached hydrogens (tertiary/aromatic N) is 2. The molecule has 0 aliphatic heterocycles. The lowest BCUT2D eigenvalue weighted by molar-refractivity contribution is -0.193. The third-order valence-corrected chi connectivity index (χ3v) is 5.82. The molecule has 11 nitrogen and oxygen atoms in total. The molecule has 2 aromatic carbocycles. The number of hydrogen-bond acceptors (Lipinski definition) is 7. The van der Waals surface area contributed by atoms with Crippen molar-refractivity contribution in [2.45, 2.75) is 44.1 Å². The topological polar surface area (TPSA) is 189 Å². The van der Waals surface area contributed by atoms with Gasteiger partial charge in [-0.15, -0.1) is 0 Å². The molecule has 292 valence electrons. The maximum absolute atomic E-state index is 13.7. The number of halogens is 13. The van der Waals surface area contributed by atoms with Crippen molar-refractivity contribution < 1.29 is 91.5 Å². The van der Waals surface area contributed by atoms with E-state index >= 15 is 0 Å². The second-order valence-corrected chi connectivity index (χ2v) is 9.99. The zero-order valence-corrected chi connectivity index (χ0v) is 26.0. The minimum absolute atomic E-state index is 0.0909. The number of aromatic amines is 1. The Labute approximate surface area is 286 Å². The van der Waals surface area contributed by atoms with E-state index in [1.54, 1.807) is 12.4 Å². The number of ether oxygens (including phenoxy) is 1. The lowest BCUT2D eigenvalue weighted by Crippen LogP contribution is -2.30. The quantitative estimate of drug-likeness (QED) is 0.128. The normalized spacial score (nSPS) is 12.2. The van der Waals surface area contributed by atoms with E-state index in [0.717, 1.165) is 39.9 Å². The highest BCUT2D eigenvalue weighted by Crippen LogP contribution is 2.32. The Morgan fingerprint density at radius 2 is 1.28 bits per heavy atom. The summed E-state index contributed by atoms with van der Waals surface area (Å²) in [6, 6.07) is 9.97.